The van der Waals surface area contributed by atoms with Crippen LogP contribution in [0.2, 0.25) is 0 Å². The second kappa shape index (κ2) is 3.62. The zero-order valence-corrected chi connectivity index (χ0v) is 8.53. The first-order valence-electron chi connectivity index (χ1n) is 4.88. The highest BCUT2D eigenvalue weighted by Crippen LogP contribution is 2.23. The molecule has 1 heterocycles. The summed E-state index contributed by atoms with van der Waals surface area (Å²) in [5.74, 6) is -0.390. The topological polar surface area (TPSA) is 46.3 Å². The molecule has 1 aliphatic rings. The van der Waals surface area contributed by atoms with Crippen molar-refractivity contribution in [3.8, 4) is 0 Å². The first-order chi connectivity index (χ1) is 7.09. The number of benzene rings is 1. The van der Waals surface area contributed by atoms with Gasteiger partial charge in [0.15, 0.2) is 0 Å². The second-order valence-electron chi connectivity index (χ2n) is 3.83. The van der Waals surface area contributed by atoms with E-state index in [1.165, 1.54) is 12.1 Å². The summed E-state index contributed by atoms with van der Waals surface area (Å²) in [6, 6.07) is 3.75. The Hall–Kier alpha value is -1.42. The van der Waals surface area contributed by atoms with Crippen LogP contribution in [0.5, 0.6) is 0 Å². The van der Waals surface area contributed by atoms with Crippen molar-refractivity contribution in [3.05, 3.63) is 35.1 Å². The van der Waals surface area contributed by atoms with Crippen LogP contribution in [0, 0.1) is 5.82 Å². The second-order valence-corrected chi connectivity index (χ2v) is 3.83. The number of hydrogen-bond acceptors (Lipinski definition) is 2. The van der Waals surface area contributed by atoms with Crippen LogP contribution in [0.1, 0.15) is 17.2 Å². The van der Waals surface area contributed by atoms with E-state index in [0.29, 0.717) is 13.0 Å². The molecule has 0 spiro atoms. The van der Waals surface area contributed by atoms with Gasteiger partial charge < -0.3 is 10.6 Å². The highest BCUT2D eigenvalue weighted by atomic mass is 19.1. The van der Waals surface area contributed by atoms with Crippen molar-refractivity contribution in [2.75, 3.05) is 13.6 Å². The lowest BCUT2D eigenvalue weighted by Crippen LogP contribution is -2.34. The SMILES string of the molecule is CN1CCc2cc(F)ccc2C(N)C1=O. The smallest absolute Gasteiger partial charge is 0.243 e. The fourth-order valence-corrected chi connectivity index (χ4v) is 1.86. The van der Waals surface area contributed by atoms with Gasteiger partial charge in [-0.2, -0.15) is 0 Å². The normalized spacial score (nSPS) is 21.1. The van der Waals surface area contributed by atoms with Crippen LogP contribution in [-0.2, 0) is 11.2 Å². The van der Waals surface area contributed by atoms with E-state index in [9.17, 15) is 9.18 Å². The summed E-state index contributed by atoms with van der Waals surface area (Å²) in [6.45, 7) is 0.586. The molecular formula is C11H13FN2O. The Morgan fingerprint density at radius 1 is 1.53 bits per heavy atom. The van der Waals surface area contributed by atoms with Gasteiger partial charge in [-0.3, -0.25) is 4.79 Å². The molecule has 4 heteroatoms. The third-order valence-corrected chi connectivity index (χ3v) is 2.80. The van der Waals surface area contributed by atoms with Crippen molar-refractivity contribution in [2.45, 2.75) is 12.5 Å². The van der Waals surface area contributed by atoms with Crippen molar-refractivity contribution in [2.24, 2.45) is 5.73 Å². The fraction of sp³-hybridized carbons (Fsp3) is 0.364. The van der Waals surface area contributed by atoms with E-state index in [1.54, 1.807) is 18.0 Å². The number of hydrogen-bond donors (Lipinski definition) is 1. The van der Waals surface area contributed by atoms with Crippen molar-refractivity contribution in [1.82, 2.24) is 4.90 Å². The molecule has 3 nitrogen and oxygen atoms in total. The van der Waals surface area contributed by atoms with Crippen molar-refractivity contribution < 1.29 is 9.18 Å². The Bertz CT molecular complexity index is 406. The van der Waals surface area contributed by atoms with Gasteiger partial charge in [-0.15, -0.1) is 0 Å². The highest BCUT2D eigenvalue weighted by molar-refractivity contribution is 5.83. The molecular weight excluding hydrogens is 195 g/mol. The number of carbonyl (C=O) groups excluding carboxylic acids is 1. The lowest BCUT2D eigenvalue weighted by Gasteiger charge is -2.16. The molecule has 0 radical (unpaired) electrons. The van der Waals surface area contributed by atoms with Crippen LogP contribution in [-0.4, -0.2) is 24.4 Å². The van der Waals surface area contributed by atoms with Gasteiger partial charge in [0.2, 0.25) is 5.91 Å². The van der Waals surface area contributed by atoms with Crippen molar-refractivity contribution in [1.29, 1.82) is 0 Å². The average molecular weight is 208 g/mol. The number of likely N-dealkylation sites (N-methyl/N-ethyl adjacent to an activating group) is 1. The summed E-state index contributed by atoms with van der Waals surface area (Å²) in [5, 5.41) is 0. The van der Waals surface area contributed by atoms with Crippen LogP contribution in [0.3, 0.4) is 0 Å². The molecule has 1 aliphatic heterocycles. The number of halogens is 1. The zero-order valence-electron chi connectivity index (χ0n) is 8.53. The molecule has 2 N–H and O–H groups in total. The molecule has 0 bridgehead atoms. The monoisotopic (exact) mass is 208 g/mol. The van der Waals surface area contributed by atoms with Gasteiger partial charge in [0, 0.05) is 13.6 Å². The number of nitrogens with zero attached hydrogens (tertiary/aromatic N) is 1. The summed E-state index contributed by atoms with van der Waals surface area (Å²) < 4.78 is 13.0. The number of carbonyl (C=O) groups is 1. The number of rotatable bonds is 0. The minimum Gasteiger partial charge on any atom is -0.344 e. The fourth-order valence-electron chi connectivity index (χ4n) is 1.86. The molecule has 1 amide bonds. The van der Waals surface area contributed by atoms with Crippen LogP contribution in [0.25, 0.3) is 0 Å². The molecule has 2 rings (SSSR count). The lowest BCUT2D eigenvalue weighted by molar-refractivity contribution is -0.131. The Kier molecular flexibility index (Phi) is 2.44. The summed E-state index contributed by atoms with van der Waals surface area (Å²) in [7, 11) is 1.71. The number of fused-ring (bicyclic) bond motifs is 1. The Morgan fingerprint density at radius 2 is 2.27 bits per heavy atom. The molecule has 0 saturated heterocycles. The number of amides is 1. The van der Waals surface area contributed by atoms with E-state index < -0.39 is 6.04 Å². The van der Waals surface area contributed by atoms with Gasteiger partial charge in [0.25, 0.3) is 0 Å². The number of nitrogens with two attached hydrogens (primary N) is 1. The van der Waals surface area contributed by atoms with Crippen LogP contribution < -0.4 is 5.73 Å². The average Bonchev–Trinajstić information content (AvgIpc) is 2.32. The van der Waals surface area contributed by atoms with Gasteiger partial charge in [-0.05, 0) is 29.7 Å². The van der Waals surface area contributed by atoms with Crippen LogP contribution >= 0.6 is 0 Å². The first kappa shape index (κ1) is 10.1. The molecule has 0 fully saturated rings. The molecule has 1 aromatic carbocycles. The highest BCUT2D eigenvalue weighted by Gasteiger charge is 2.25. The summed E-state index contributed by atoms with van der Waals surface area (Å²) in [4.78, 5) is 13.3. The molecule has 80 valence electrons. The van der Waals surface area contributed by atoms with E-state index >= 15 is 0 Å². The zero-order chi connectivity index (χ0) is 11.0. The largest absolute Gasteiger partial charge is 0.344 e. The van der Waals surface area contributed by atoms with Crippen molar-refractivity contribution >= 4 is 5.91 Å². The lowest BCUT2D eigenvalue weighted by atomic mass is 10.00. The van der Waals surface area contributed by atoms with E-state index in [-0.39, 0.29) is 11.7 Å². The Labute approximate surface area is 87.7 Å². The van der Waals surface area contributed by atoms with E-state index in [1.807, 2.05) is 0 Å². The summed E-state index contributed by atoms with van der Waals surface area (Å²) in [5.41, 5.74) is 7.39. The van der Waals surface area contributed by atoms with Gasteiger partial charge in [-0.1, -0.05) is 6.07 Å². The molecule has 0 aliphatic carbocycles. The van der Waals surface area contributed by atoms with Gasteiger partial charge >= 0.3 is 0 Å². The minimum atomic E-state index is -0.659. The quantitative estimate of drug-likeness (QED) is 0.686. The standard InChI is InChI=1S/C11H13FN2O/c1-14-5-4-7-6-8(12)2-3-9(7)10(13)11(14)15/h2-3,6,10H,4-5,13H2,1H3. The maximum absolute atomic E-state index is 13.0. The van der Waals surface area contributed by atoms with Crippen molar-refractivity contribution in [3.63, 3.8) is 0 Å². The van der Waals surface area contributed by atoms with E-state index in [0.717, 1.165) is 11.1 Å². The molecule has 0 aromatic heterocycles. The Balaban J connectivity index is 2.47. The van der Waals surface area contributed by atoms with E-state index in [2.05, 4.69) is 0 Å². The third-order valence-electron chi connectivity index (χ3n) is 2.80. The molecule has 1 unspecified atom stereocenters. The summed E-state index contributed by atoms with van der Waals surface area (Å²) >= 11 is 0. The summed E-state index contributed by atoms with van der Waals surface area (Å²) in [6.07, 6.45) is 0.656. The molecule has 15 heavy (non-hydrogen) atoms. The van der Waals surface area contributed by atoms with Gasteiger partial charge in [0.1, 0.15) is 11.9 Å². The first-order valence-corrected chi connectivity index (χ1v) is 4.88. The maximum Gasteiger partial charge on any atom is 0.243 e. The third kappa shape index (κ3) is 1.72. The molecule has 0 saturated carbocycles. The minimum absolute atomic E-state index is 0.111. The predicted octanol–water partition coefficient (Wildman–Crippen LogP) is 0.840. The Morgan fingerprint density at radius 3 is 3.00 bits per heavy atom. The maximum atomic E-state index is 13.0. The molecule has 1 aromatic rings. The predicted molar refractivity (Wildman–Crippen MR) is 54.7 cm³/mol. The van der Waals surface area contributed by atoms with E-state index in [4.69, 9.17) is 5.73 Å². The van der Waals surface area contributed by atoms with Crippen LogP contribution in [0.4, 0.5) is 4.39 Å². The van der Waals surface area contributed by atoms with Gasteiger partial charge in [0.05, 0.1) is 0 Å². The van der Waals surface area contributed by atoms with Gasteiger partial charge in [-0.25, -0.2) is 4.39 Å². The molecule has 1 atom stereocenters. The van der Waals surface area contributed by atoms with Crippen LogP contribution in [0.15, 0.2) is 18.2 Å².